The summed E-state index contributed by atoms with van der Waals surface area (Å²) in [5, 5.41) is 0. The third-order valence-electron chi connectivity index (χ3n) is 2.49. The van der Waals surface area contributed by atoms with Crippen LogP contribution in [-0.2, 0) is 0 Å². The van der Waals surface area contributed by atoms with Gasteiger partial charge in [-0.2, -0.15) is 12.6 Å². The fraction of sp³-hybridized carbons (Fsp3) is 1.00. The maximum absolute atomic E-state index is 4.79. The smallest absolute Gasteiger partial charge is 0.0797 e. The molecule has 1 saturated heterocycles. The first kappa shape index (κ1) is 12.1. The van der Waals surface area contributed by atoms with E-state index in [0.717, 1.165) is 0 Å². The molecule has 0 bridgehead atoms. The Morgan fingerprint density at radius 1 is 1.00 bits per heavy atom. The topological polar surface area (TPSA) is 0 Å². The van der Waals surface area contributed by atoms with Crippen LogP contribution >= 0.6 is 36.2 Å². The van der Waals surface area contributed by atoms with Crippen molar-refractivity contribution in [3.8, 4) is 0 Å². The fourth-order valence-corrected chi connectivity index (χ4v) is 6.49. The summed E-state index contributed by atoms with van der Waals surface area (Å²) < 4.78 is 0.347. The quantitative estimate of drug-likeness (QED) is 0.685. The Bertz CT molecular complexity index is 163. The van der Waals surface area contributed by atoms with Crippen LogP contribution in [0.15, 0.2) is 0 Å². The average Bonchev–Trinajstić information content (AvgIpc) is 2.28. The fourth-order valence-electron chi connectivity index (χ4n) is 2.12. The van der Waals surface area contributed by atoms with Crippen molar-refractivity contribution in [3.05, 3.63) is 0 Å². The molecular formula is C10H20S3. The molecule has 1 fully saturated rings. The number of rotatable bonds is 1. The van der Waals surface area contributed by atoms with E-state index >= 15 is 0 Å². The molecule has 0 atom stereocenters. The molecular weight excluding hydrogens is 216 g/mol. The minimum Gasteiger partial charge on any atom is -0.171 e. The second-order valence-corrected chi connectivity index (χ2v) is 9.12. The molecule has 0 unspecified atom stereocenters. The van der Waals surface area contributed by atoms with Gasteiger partial charge in [-0.25, -0.2) is 0 Å². The predicted molar refractivity (Wildman–Crippen MR) is 70.2 cm³/mol. The zero-order valence-electron chi connectivity index (χ0n) is 9.18. The monoisotopic (exact) mass is 236 g/mol. The van der Waals surface area contributed by atoms with Gasteiger partial charge in [0.15, 0.2) is 0 Å². The van der Waals surface area contributed by atoms with Crippen LogP contribution in [0.1, 0.15) is 34.6 Å². The van der Waals surface area contributed by atoms with Gasteiger partial charge in [-0.15, -0.1) is 23.5 Å². The minimum atomic E-state index is 0.0804. The summed E-state index contributed by atoms with van der Waals surface area (Å²) in [6.45, 7) is 11.5. The van der Waals surface area contributed by atoms with Crippen LogP contribution in [0, 0.1) is 5.41 Å². The Labute approximate surface area is 96.4 Å². The highest BCUT2D eigenvalue weighted by Crippen LogP contribution is 2.61. The Morgan fingerprint density at radius 3 is 1.54 bits per heavy atom. The maximum atomic E-state index is 4.79. The summed E-state index contributed by atoms with van der Waals surface area (Å²) >= 11 is 8.97. The van der Waals surface area contributed by atoms with Crippen molar-refractivity contribution < 1.29 is 0 Å². The van der Waals surface area contributed by atoms with E-state index in [0.29, 0.717) is 5.41 Å². The molecule has 0 saturated carbocycles. The molecule has 3 heteroatoms. The third kappa shape index (κ3) is 2.03. The second kappa shape index (κ2) is 3.57. The average molecular weight is 236 g/mol. The largest absolute Gasteiger partial charge is 0.171 e. The summed E-state index contributed by atoms with van der Waals surface area (Å²) in [5.41, 5.74) is 0.310. The lowest BCUT2D eigenvalue weighted by Gasteiger charge is -2.49. The Kier molecular flexibility index (Phi) is 3.33. The van der Waals surface area contributed by atoms with Gasteiger partial charge in [0.2, 0.25) is 0 Å². The lowest BCUT2D eigenvalue weighted by molar-refractivity contribution is 0.329. The summed E-state index contributed by atoms with van der Waals surface area (Å²) in [5.74, 6) is 2.54. The van der Waals surface area contributed by atoms with Gasteiger partial charge >= 0.3 is 0 Å². The van der Waals surface area contributed by atoms with Crippen LogP contribution in [-0.4, -0.2) is 20.3 Å². The molecule has 0 aliphatic carbocycles. The molecule has 13 heavy (non-hydrogen) atoms. The first-order chi connectivity index (χ1) is 5.71. The summed E-state index contributed by atoms with van der Waals surface area (Å²) in [6, 6.07) is 0. The van der Waals surface area contributed by atoms with Crippen molar-refractivity contribution in [2.75, 3.05) is 11.5 Å². The zero-order valence-corrected chi connectivity index (χ0v) is 11.7. The van der Waals surface area contributed by atoms with Crippen LogP contribution in [0.25, 0.3) is 0 Å². The molecule has 1 rings (SSSR count). The summed E-state index contributed by atoms with van der Waals surface area (Å²) in [6.07, 6.45) is 0. The normalized spacial score (nSPS) is 23.5. The third-order valence-corrected chi connectivity index (χ3v) is 7.97. The molecule has 0 aromatic heterocycles. The van der Waals surface area contributed by atoms with Gasteiger partial charge in [-0.05, 0) is 19.3 Å². The molecule has 0 N–H and O–H groups in total. The highest BCUT2D eigenvalue weighted by Gasteiger charge is 2.54. The van der Waals surface area contributed by atoms with E-state index in [9.17, 15) is 0 Å². The molecule has 0 aromatic rings. The van der Waals surface area contributed by atoms with E-state index in [4.69, 9.17) is 12.6 Å². The van der Waals surface area contributed by atoms with Crippen LogP contribution in [0.2, 0.25) is 0 Å². The van der Waals surface area contributed by atoms with Crippen molar-refractivity contribution in [1.29, 1.82) is 0 Å². The van der Waals surface area contributed by atoms with Gasteiger partial charge in [-0.1, -0.05) is 20.8 Å². The molecule has 0 nitrogen and oxygen atoms in total. The van der Waals surface area contributed by atoms with Crippen molar-refractivity contribution in [3.63, 3.8) is 0 Å². The van der Waals surface area contributed by atoms with Crippen molar-refractivity contribution >= 4 is 36.2 Å². The first-order valence-electron chi connectivity index (χ1n) is 4.71. The second-order valence-electron chi connectivity index (χ2n) is 5.12. The highest BCUT2D eigenvalue weighted by atomic mass is 32.2. The van der Waals surface area contributed by atoms with Crippen molar-refractivity contribution in [2.45, 2.75) is 43.4 Å². The number of hydrogen-bond donors (Lipinski definition) is 1. The minimum absolute atomic E-state index is 0.0804. The van der Waals surface area contributed by atoms with Gasteiger partial charge < -0.3 is 0 Å². The van der Waals surface area contributed by atoms with Crippen LogP contribution in [0.5, 0.6) is 0 Å². The molecule has 0 aromatic carbocycles. The van der Waals surface area contributed by atoms with Crippen LogP contribution in [0.3, 0.4) is 0 Å². The van der Waals surface area contributed by atoms with E-state index in [1.807, 2.05) is 0 Å². The van der Waals surface area contributed by atoms with Crippen molar-refractivity contribution in [2.24, 2.45) is 5.41 Å². The molecule has 1 aliphatic rings. The van der Waals surface area contributed by atoms with Gasteiger partial charge in [0.1, 0.15) is 0 Å². The van der Waals surface area contributed by atoms with Crippen LogP contribution < -0.4 is 0 Å². The molecule has 0 amide bonds. The summed E-state index contributed by atoms with van der Waals surface area (Å²) in [4.78, 5) is 0. The molecule has 78 valence electrons. The molecule has 1 aliphatic heterocycles. The SMILES string of the molecule is CC(C)(C)C1(C(C)(C)S)SCCS1. The van der Waals surface area contributed by atoms with E-state index in [1.54, 1.807) is 0 Å². The molecule has 0 spiro atoms. The highest BCUT2D eigenvalue weighted by molar-refractivity contribution is 8.22. The number of thioether (sulfide) groups is 2. The Balaban J connectivity index is 3.02. The molecule has 0 radical (unpaired) electrons. The number of thiol groups is 1. The van der Waals surface area contributed by atoms with Crippen LogP contribution in [0.4, 0.5) is 0 Å². The zero-order chi connectivity index (χ0) is 10.3. The van der Waals surface area contributed by atoms with Gasteiger partial charge in [0.05, 0.1) is 4.08 Å². The van der Waals surface area contributed by atoms with E-state index in [1.165, 1.54) is 11.5 Å². The van der Waals surface area contributed by atoms with Gasteiger partial charge in [-0.3, -0.25) is 0 Å². The van der Waals surface area contributed by atoms with Crippen molar-refractivity contribution in [1.82, 2.24) is 0 Å². The predicted octanol–water partition coefficient (Wildman–Crippen LogP) is 3.92. The standard InChI is InChI=1S/C10H20S3/c1-8(2,3)10(9(4,5)11)12-6-7-13-10/h11H,6-7H2,1-5H3. The Morgan fingerprint density at radius 2 is 1.38 bits per heavy atom. The Hall–Kier alpha value is 1.05. The number of hydrogen-bond acceptors (Lipinski definition) is 3. The van der Waals surface area contributed by atoms with E-state index < -0.39 is 0 Å². The maximum Gasteiger partial charge on any atom is 0.0797 e. The first-order valence-corrected chi connectivity index (χ1v) is 7.13. The van der Waals surface area contributed by atoms with E-state index in [2.05, 4.69) is 58.1 Å². The van der Waals surface area contributed by atoms with E-state index in [-0.39, 0.29) is 8.83 Å². The molecule has 1 heterocycles. The van der Waals surface area contributed by atoms with Gasteiger partial charge in [0.25, 0.3) is 0 Å². The lowest BCUT2D eigenvalue weighted by atomic mass is 9.84. The lowest BCUT2D eigenvalue weighted by Crippen LogP contribution is -2.48. The van der Waals surface area contributed by atoms with Gasteiger partial charge in [0, 0.05) is 16.3 Å². The summed E-state index contributed by atoms with van der Waals surface area (Å²) in [7, 11) is 0.